The van der Waals surface area contributed by atoms with Crippen LogP contribution in [-0.2, 0) is 0 Å². The Kier molecular flexibility index (Phi) is 3.29. The SMILES string of the molecule is Cc1c(N)c2ccccn2c1C(=O)c1ccc(N)c(C(=O)O)c1. The third kappa shape index (κ3) is 2.20. The number of carboxylic acid groups (broad SMARTS) is 1. The van der Waals surface area contributed by atoms with Gasteiger partial charge in [-0.2, -0.15) is 0 Å². The first kappa shape index (κ1) is 14.6. The van der Waals surface area contributed by atoms with E-state index in [2.05, 4.69) is 0 Å². The Morgan fingerprint density at radius 3 is 2.57 bits per heavy atom. The fourth-order valence-electron chi connectivity index (χ4n) is 2.66. The van der Waals surface area contributed by atoms with Gasteiger partial charge in [-0.3, -0.25) is 4.79 Å². The van der Waals surface area contributed by atoms with Crippen molar-refractivity contribution in [3.05, 3.63) is 65.0 Å². The summed E-state index contributed by atoms with van der Waals surface area (Å²) in [5.74, 6) is -1.48. The number of rotatable bonds is 3. The van der Waals surface area contributed by atoms with E-state index in [0.29, 0.717) is 16.9 Å². The summed E-state index contributed by atoms with van der Waals surface area (Å²) in [6, 6.07) is 9.69. The number of hydrogen-bond donors (Lipinski definition) is 3. The highest BCUT2D eigenvalue weighted by molar-refractivity contribution is 6.12. The lowest BCUT2D eigenvalue weighted by molar-refractivity contribution is 0.0698. The Hall–Kier alpha value is -3.28. The number of aromatic nitrogens is 1. The molecule has 6 heteroatoms. The van der Waals surface area contributed by atoms with Crippen LogP contribution < -0.4 is 11.5 Å². The van der Waals surface area contributed by atoms with E-state index in [0.717, 1.165) is 5.52 Å². The van der Waals surface area contributed by atoms with Gasteiger partial charge >= 0.3 is 5.97 Å². The third-order valence-electron chi connectivity index (χ3n) is 3.90. The smallest absolute Gasteiger partial charge is 0.337 e. The molecule has 0 fully saturated rings. The summed E-state index contributed by atoms with van der Waals surface area (Å²) in [4.78, 5) is 24.1. The number of carboxylic acids is 1. The second-order valence-corrected chi connectivity index (χ2v) is 5.28. The minimum absolute atomic E-state index is 0.0951. The molecule has 0 amide bonds. The van der Waals surface area contributed by atoms with Crippen molar-refractivity contribution in [1.29, 1.82) is 0 Å². The van der Waals surface area contributed by atoms with Gasteiger partial charge in [0.05, 0.1) is 22.5 Å². The molecular formula is C17H15N3O3. The molecule has 0 aliphatic carbocycles. The normalized spacial score (nSPS) is 10.8. The van der Waals surface area contributed by atoms with Crippen LogP contribution in [-0.4, -0.2) is 21.3 Å². The Morgan fingerprint density at radius 2 is 1.87 bits per heavy atom. The van der Waals surface area contributed by atoms with E-state index < -0.39 is 5.97 Å². The van der Waals surface area contributed by atoms with Gasteiger partial charge in [-0.05, 0) is 37.3 Å². The van der Waals surface area contributed by atoms with Crippen molar-refractivity contribution in [2.75, 3.05) is 11.5 Å². The Bertz CT molecular complexity index is 957. The first-order chi connectivity index (χ1) is 10.9. The van der Waals surface area contributed by atoms with Gasteiger partial charge in [0, 0.05) is 23.0 Å². The van der Waals surface area contributed by atoms with Crippen molar-refractivity contribution in [3.63, 3.8) is 0 Å². The molecule has 0 spiro atoms. The van der Waals surface area contributed by atoms with Crippen molar-refractivity contribution in [3.8, 4) is 0 Å². The van der Waals surface area contributed by atoms with Crippen LogP contribution in [0.3, 0.4) is 0 Å². The fraction of sp³-hybridized carbons (Fsp3) is 0.0588. The highest BCUT2D eigenvalue weighted by Crippen LogP contribution is 2.27. The highest BCUT2D eigenvalue weighted by Gasteiger charge is 2.21. The summed E-state index contributed by atoms with van der Waals surface area (Å²) >= 11 is 0. The highest BCUT2D eigenvalue weighted by atomic mass is 16.4. The Labute approximate surface area is 131 Å². The minimum atomic E-state index is -1.17. The van der Waals surface area contributed by atoms with Gasteiger partial charge in [-0.25, -0.2) is 4.79 Å². The second-order valence-electron chi connectivity index (χ2n) is 5.28. The lowest BCUT2D eigenvalue weighted by Crippen LogP contribution is -2.10. The molecule has 2 heterocycles. The zero-order chi connectivity index (χ0) is 16.7. The summed E-state index contributed by atoms with van der Waals surface area (Å²) in [5.41, 5.74) is 14.3. The van der Waals surface area contributed by atoms with Gasteiger partial charge < -0.3 is 21.0 Å². The fourth-order valence-corrected chi connectivity index (χ4v) is 2.66. The van der Waals surface area contributed by atoms with E-state index in [1.54, 1.807) is 23.6 Å². The quantitative estimate of drug-likeness (QED) is 0.508. The predicted molar refractivity (Wildman–Crippen MR) is 87.8 cm³/mol. The van der Waals surface area contributed by atoms with E-state index in [9.17, 15) is 9.59 Å². The largest absolute Gasteiger partial charge is 0.478 e. The number of nitrogen functional groups attached to an aromatic ring is 2. The molecule has 0 radical (unpaired) electrons. The number of carbonyl (C=O) groups excluding carboxylic acids is 1. The molecule has 116 valence electrons. The maximum absolute atomic E-state index is 12.9. The number of aromatic carboxylic acids is 1. The predicted octanol–water partition coefficient (Wildman–Crippen LogP) is 2.34. The minimum Gasteiger partial charge on any atom is -0.478 e. The average molecular weight is 309 g/mol. The molecule has 1 aromatic carbocycles. The van der Waals surface area contributed by atoms with Crippen molar-refractivity contribution in [2.24, 2.45) is 0 Å². The molecule has 3 aromatic rings. The topological polar surface area (TPSA) is 111 Å². The Balaban J connectivity index is 2.21. The molecule has 0 aliphatic heterocycles. The van der Waals surface area contributed by atoms with Crippen LogP contribution in [0.1, 0.15) is 32.0 Å². The number of benzene rings is 1. The molecule has 0 aliphatic rings. The van der Waals surface area contributed by atoms with Crippen LogP contribution in [0.2, 0.25) is 0 Å². The maximum atomic E-state index is 12.9. The second kappa shape index (κ2) is 5.17. The zero-order valence-corrected chi connectivity index (χ0v) is 12.4. The summed E-state index contributed by atoms with van der Waals surface area (Å²) in [6.45, 7) is 1.77. The van der Waals surface area contributed by atoms with Crippen LogP contribution in [0.15, 0.2) is 42.6 Å². The molecule has 0 saturated carbocycles. The third-order valence-corrected chi connectivity index (χ3v) is 3.90. The summed E-state index contributed by atoms with van der Waals surface area (Å²) in [7, 11) is 0. The van der Waals surface area contributed by atoms with Crippen LogP contribution in [0.4, 0.5) is 11.4 Å². The van der Waals surface area contributed by atoms with Crippen molar-refractivity contribution < 1.29 is 14.7 Å². The monoisotopic (exact) mass is 309 g/mol. The maximum Gasteiger partial charge on any atom is 0.337 e. The lowest BCUT2D eigenvalue weighted by atomic mass is 10.0. The first-order valence-electron chi connectivity index (χ1n) is 6.94. The number of ketones is 1. The number of fused-ring (bicyclic) bond motifs is 1. The van der Waals surface area contributed by atoms with Crippen molar-refractivity contribution >= 4 is 28.6 Å². The number of hydrogen-bond acceptors (Lipinski definition) is 4. The molecule has 0 saturated heterocycles. The molecule has 23 heavy (non-hydrogen) atoms. The molecule has 6 nitrogen and oxygen atoms in total. The molecule has 0 atom stereocenters. The zero-order valence-electron chi connectivity index (χ0n) is 12.4. The van der Waals surface area contributed by atoms with Gasteiger partial charge in [0.15, 0.2) is 0 Å². The molecule has 2 aromatic heterocycles. The summed E-state index contributed by atoms with van der Waals surface area (Å²) in [5, 5.41) is 9.16. The number of anilines is 2. The number of pyridine rings is 1. The van der Waals surface area contributed by atoms with Gasteiger partial charge in [0.2, 0.25) is 5.78 Å². The van der Waals surface area contributed by atoms with Crippen LogP contribution in [0.25, 0.3) is 5.52 Å². The first-order valence-corrected chi connectivity index (χ1v) is 6.94. The van der Waals surface area contributed by atoms with Gasteiger partial charge in [-0.15, -0.1) is 0 Å². The molecule has 3 rings (SSSR count). The van der Waals surface area contributed by atoms with E-state index >= 15 is 0 Å². The van der Waals surface area contributed by atoms with E-state index in [1.807, 2.05) is 12.1 Å². The molecular weight excluding hydrogens is 294 g/mol. The standard InChI is InChI=1S/C17H15N3O3/c1-9-14(19)13-4-2-3-7-20(13)15(9)16(21)10-5-6-12(18)11(8-10)17(22)23/h2-8H,18-19H2,1H3,(H,22,23). The van der Waals surface area contributed by atoms with E-state index in [1.165, 1.54) is 18.2 Å². The summed E-state index contributed by atoms with van der Waals surface area (Å²) in [6.07, 6.45) is 1.75. The lowest BCUT2D eigenvalue weighted by Gasteiger charge is -2.06. The number of carbonyl (C=O) groups is 2. The van der Waals surface area contributed by atoms with Crippen LogP contribution in [0.5, 0.6) is 0 Å². The van der Waals surface area contributed by atoms with Crippen LogP contribution in [0, 0.1) is 6.92 Å². The number of nitrogens with zero attached hydrogens (tertiary/aromatic N) is 1. The van der Waals surface area contributed by atoms with Gasteiger partial charge in [-0.1, -0.05) is 6.07 Å². The van der Waals surface area contributed by atoms with Gasteiger partial charge in [0.25, 0.3) is 0 Å². The van der Waals surface area contributed by atoms with E-state index in [-0.39, 0.29) is 22.6 Å². The van der Waals surface area contributed by atoms with Gasteiger partial charge in [0.1, 0.15) is 0 Å². The van der Waals surface area contributed by atoms with Crippen molar-refractivity contribution in [2.45, 2.75) is 6.92 Å². The van der Waals surface area contributed by atoms with E-state index in [4.69, 9.17) is 16.6 Å². The Morgan fingerprint density at radius 1 is 1.13 bits per heavy atom. The molecule has 0 bridgehead atoms. The summed E-state index contributed by atoms with van der Waals surface area (Å²) < 4.78 is 1.71. The van der Waals surface area contributed by atoms with Crippen molar-refractivity contribution in [1.82, 2.24) is 4.40 Å². The molecule has 5 N–H and O–H groups in total. The average Bonchev–Trinajstić information content (AvgIpc) is 2.79. The molecule has 0 unspecified atom stereocenters. The van der Waals surface area contributed by atoms with Crippen LogP contribution >= 0.6 is 0 Å². The number of nitrogens with two attached hydrogens (primary N) is 2.